The molecule has 0 atom stereocenters. The molecule has 5 saturated carbocycles. The molecule has 0 aromatic rings. The molecule has 32 heavy (non-hydrogen) atoms. The van der Waals surface area contributed by atoms with Gasteiger partial charge < -0.3 is 0 Å². The number of unbranched alkanes of at least 4 members (excludes halogenated alkanes) is 6. The highest BCUT2D eigenvalue weighted by Crippen LogP contribution is 2.63. The van der Waals surface area contributed by atoms with Crippen molar-refractivity contribution in [2.75, 3.05) is 0 Å². The monoisotopic (exact) mass is 442 g/mol. The van der Waals surface area contributed by atoms with E-state index < -0.39 is 0 Å². The molecule has 5 aliphatic rings. The van der Waals surface area contributed by atoms with Gasteiger partial charge >= 0.3 is 0 Å². The van der Waals surface area contributed by atoms with Crippen molar-refractivity contribution in [1.82, 2.24) is 0 Å². The molecule has 0 N–H and O–H groups in total. The van der Waals surface area contributed by atoms with Gasteiger partial charge in [0.25, 0.3) is 0 Å². The third-order valence-electron chi connectivity index (χ3n) is 11.7. The lowest BCUT2D eigenvalue weighted by Gasteiger charge is -2.58. The molecule has 5 aliphatic carbocycles. The summed E-state index contributed by atoms with van der Waals surface area (Å²) in [5.74, 6) is 4.40. The molecule has 0 radical (unpaired) electrons. The zero-order valence-corrected chi connectivity index (χ0v) is 22.3. The Hall–Kier alpha value is 0. The van der Waals surface area contributed by atoms with Gasteiger partial charge in [0.05, 0.1) is 0 Å². The topological polar surface area (TPSA) is 0 Å². The molecule has 0 amide bonds. The lowest BCUT2D eigenvalue weighted by molar-refractivity contribution is -0.0680. The zero-order valence-electron chi connectivity index (χ0n) is 22.3. The summed E-state index contributed by atoms with van der Waals surface area (Å²) < 4.78 is 0. The first kappa shape index (κ1) is 25.1. The van der Waals surface area contributed by atoms with Crippen molar-refractivity contribution in [2.24, 2.45) is 34.5 Å². The van der Waals surface area contributed by atoms with E-state index in [4.69, 9.17) is 0 Å². The molecular weight excluding hydrogens is 384 g/mol. The molecule has 5 fully saturated rings. The SMILES string of the molecule is CCCCCCCC12CCC(C3CCC(C4CCC(CCCCC)CC4)CC3)(CC1)CC2. The first-order chi connectivity index (χ1) is 15.7. The van der Waals surface area contributed by atoms with Crippen molar-refractivity contribution in [3.8, 4) is 0 Å². The molecule has 0 saturated heterocycles. The number of rotatable bonds is 12. The van der Waals surface area contributed by atoms with Gasteiger partial charge in [0.1, 0.15) is 0 Å². The highest BCUT2D eigenvalue weighted by atomic mass is 14.6. The molecule has 0 nitrogen and oxygen atoms in total. The van der Waals surface area contributed by atoms with Crippen LogP contribution in [0.2, 0.25) is 0 Å². The Kier molecular flexibility index (Phi) is 9.50. The van der Waals surface area contributed by atoms with E-state index in [-0.39, 0.29) is 0 Å². The van der Waals surface area contributed by atoms with Gasteiger partial charge in [-0.05, 0) is 118 Å². The summed E-state index contributed by atoms with van der Waals surface area (Å²) >= 11 is 0. The molecule has 5 rings (SSSR count). The van der Waals surface area contributed by atoms with E-state index in [1.54, 1.807) is 96.3 Å². The first-order valence-electron chi connectivity index (χ1n) is 15.7. The summed E-state index contributed by atoms with van der Waals surface area (Å²) in [5, 5.41) is 0. The number of fused-ring (bicyclic) bond motifs is 3. The van der Waals surface area contributed by atoms with E-state index in [9.17, 15) is 0 Å². The molecule has 0 spiro atoms. The van der Waals surface area contributed by atoms with Crippen LogP contribution in [0, 0.1) is 34.5 Å². The normalized spacial score (nSPS) is 39.9. The average Bonchev–Trinajstić information content (AvgIpc) is 2.86. The second-order valence-corrected chi connectivity index (χ2v) is 13.4. The largest absolute Gasteiger partial charge is 0.0654 e. The van der Waals surface area contributed by atoms with Crippen LogP contribution >= 0.6 is 0 Å². The fourth-order valence-electron chi connectivity index (χ4n) is 9.22. The minimum atomic E-state index is 0.793. The van der Waals surface area contributed by atoms with Gasteiger partial charge in [0.2, 0.25) is 0 Å². The van der Waals surface area contributed by atoms with Crippen LogP contribution < -0.4 is 0 Å². The highest BCUT2D eigenvalue weighted by molar-refractivity contribution is 5.03. The average molecular weight is 443 g/mol. The van der Waals surface area contributed by atoms with Gasteiger partial charge in [-0.2, -0.15) is 0 Å². The maximum Gasteiger partial charge on any atom is -0.0269 e. The zero-order chi connectivity index (χ0) is 22.3. The lowest BCUT2D eigenvalue weighted by Crippen LogP contribution is -2.46. The summed E-state index contributed by atoms with van der Waals surface area (Å²) in [6.45, 7) is 4.69. The van der Waals surface area contributed by atoms with Gasteiger partial charge in [0, 0.05) is 0 Å². The maximum atomic E-state index is 2.35. The predicted octanol–water partition coefficient (Wildman–Crippen LogP) is 10.9. The fourth-order valence-corrected chi connectivity index (χ4v) is 9.22. The van der Waals surface area contributed by atoms with Gasteiger partial charge in [-0.15, -0.1) is 0 Å². The number of hydrogen-bond donors (Lipinski definition) is 0. The second kappa shape index (κ2) is 12.1. The van der Waals surface area contributed by atoms with Crippen LogP contribution in [0.3, 0.4) is 0 Å². The summed E-state index contributed by atoms with van der Waals surface area (Å²) in [6.07, 6.45) is 37.2. The third kappa shape index (κ3) is 6.16. The Labute approximate surface area is 202 Å². The molecule has 0 unspecified atom stereocenters. The number of hydrogen-bond acceptors (Lipinski definition) is 0. The fraction of sp³-hybridized carbons (Fsp3) is 1.00. The van der Waals surface area contributed by atoms with Crippen molar-refractivity contribution in [2.45, 2.75) is 168 Å². The molecule has 186 valence electrons. The van der Waals surface area contributed by atoms with Crippen molar-refractivity contribution in [1.29, 1.82) is 0 Å². The van der Waals surface area contributed by atoms with E-state index in [0.717, 1.165) is 34.5 Å². The predicted molar refractivity (Wildman–Crippen MR) is 141 cm³/mol. The summed E-state index contributed by atoms with van der Waals surface area (Å²) in [7, 11) is 0. The Bertz CT molecular complexity index is 492. The quantitative estimate of drug-likeness (QED) is 0.263. The Balaban J connectivity index is 1.16. The Morgan fingerprint density at radius 3 is 1.66 bits per heavy atom. The van der Waals surface area contributed by atoms with Crippen molar-refractivity contribution >= 4 is 0 Å². The Morgan fingerprint density at radius 2 is 1.06 bits per heavy atom. The van der Waals surface area contributed by atoms with E-state index in [1.807, 2.05) is 0 Å². The lowest BCUT2D eigenvalue weighted by atomic mass is 9.47. The van der Waals surface area contributed by atoms with Crippen LogP contribution in [-0.2, 0) is 0 Å². The van der Waals surface area contributed by atoms with Crippen LogP contribution in [0.5, 0.6) is 0 Å². The molecule has 0 aromatic heterocycles. The molecule has 0 aliphatic heterocycles. The van der Waals surface area contributed by atoms with Crippen molar-refractivity contribution < 1.29 is 0 Å². The smallest absolute Gasteiger partial charge is 0.0269 e. The minimum absolute atomic E-state index is 0.793. The van der Waals surface area contributed by atoms with Crippen LogP contribution in [0.25, 0.3) is 0 Å². The molecule has 0 heteroatoms. The Morgan fingerprint density at radius 1 is 0.531 bits per heavy atom. The van der Waals surface area contributed by atoms with E-state index in [2.05, 4.69) is 13.8 Å². The highest BCUT2D eigenvalue weighted by Gasteiger charge is 2.51. The molecule has 2 bridgehead atoms. The van der Waals surface area contributed by atoms with E-state index >= 15 is 0 Å². The maximum absolute atomic E-state index is 2.35. The van der Waals surface area contributed by atoms with Crippen molar-refractivity contribution in [3.63, 3.8) is 0 Å². The standard InChI is InChI=1S/C32H58/c1-3-5-7-8-10-20-31-21-24-32(25-22-31,26-23-31)30-18-16-29(17-19-30)28-14-12-27(13-15-28)11-9-6-4-2/h27-30H,3-26H2,1-2H3. The minimum Gasteiger partial charge on any atom is -0.0654 e. The third-order valence-corrected chi connectivity index (χ3v) is 11.7. The molecule has 0 aromatic carbocycles. The summed E-state index contributed by atoms with van der Waals surface area (Å²) in [6, 6.07) is 0. The van der Waals surface area contributed by atoms with E-state index in [1.165, 1.54) is 57.8 Å². The second-order valence-electron chi connectivity index (χ2n) is 13.4. The summed E-state index contributed by atoms with van der Waals surface area (Å²) in [5.41, 5.74) is 1.59. The first-order valence-corrected chi connectivity index (χ1v) is 15.7. The molecule has 0 heterocycles. The molecular formula is C32H58. The van der Waals surface area contributed by atoms with Crippen molar-refractivity contribution in [3.05, 3.63) is 0 Å². The van der Waals surface area contributed by atoms with Gasteiger partial charge in [-0.1, -0.05) is 84.5 Å². The van der Waals surface area contributed by atoms with Crippen LogP contribution in [-0.4, -0.2) is 0 Å². The van der Waals surface area contributed by atoms with Gasteiger partial charge in [-0.25, -0.2) is 0 Å². The van der Waals surface area contributed by atoms with Gasteiger partial charge in [0.15, 0.2) is 0 Å². The van der Waals surface area contributed by atoms with E-state index in [0.29, 0.717) is 0 Å². The van der Waals surface area contributed by atoms with Crippen LogP contribution in [0.4, 0.5) is 0 Å². The van der Waals surface area contributed by atoms with Crippen LogP contribution in [0.15, 0.2) is 0 Å². The van der Waals surface area contributed by atoms with Gasteiger partial charge in [-0.3, -0.25) is 0 Å². The summed E-state index contributed by atoms with van der Waals surface area (Å²) in [4.78, 5) is 0. The van der Waals surface area contributed by atoms with Crippen LogP contribution in [0.1, 0.15) is 168 Å².